The highest BCUT2D eigenvalue weighted by atomic mass is 16.3. The third kappa shape index (κ3) is 4.27. The Hall–Kier alpha value is -4.78. The summed E-state index contributed by atoms with van der Waals surface area (Å²) in [5.74, 6) is -0.276. The Morgan fingerprint density at radius 3 is 2.50 bits per heavy atom. The molecule has 0 spiro atoms. The molecule has 0 aliphatic heterocycles. The van der Waals surface area contributed by atoms with Crippen LogP contribution in [0.2, 0.25) is 0 Å². The van der Waals surface area contributed by atoms with E-state index in [0.29, 0.717) is 11.4 Å². The SMILES string of the molecule is Nc1nc(-c2ccccc2)c(-c2ccc3ncccc3c2)nc1C(=O)NCc1cccc(O)c1. The number of nitrogens with one attached hydrogen (secondary N) is 1. The van der Waals surface area contributed by atoms with Gasteiger partial charge in [0.05, 0.1) is 16.9 Å². The number of aromatic hydroxyl groups is 1. The average molecular weight is 447 g/mol. The summed E-state index contributed by atoms with van der Waals surface area (Å²) >= 11 is 0. The number of hydrogen-bond acceptors (Lipinski definition) is 6. The molecule has 0 radical (unpaired) electrons. The van der Waals surface area contributed by atoms with Crippen molar-refractivity contribution in [2.75, 3.05) is 5.73 Å². The Labute approximate surface area is 196 Å². The number of carbonyl (C=O) groups is 1. The maximum atomic E-state index is 13.0. The number of nitrogens with two attached hydrogens (primary N) is 1. The second-order valence-corrected chi connectivity index (χ2v) is 7.78. The van der Waals surface area contributed by atoms with Crippen LogP contribution in [-0.2, 0) is 6.54 Å². The number of phenolic OH excluding ortho intramolecular Hbond substituents is 1. The molecule has 5 aromatic rings. The monoisotopic (exact) mass is 447 g/mol. The summed E-state index contributed by atoms with van der Waals surface area (Å²) in [4.78, 5) is 26.7. The van der Waals surface area contributed by atoms with Gasteiger partial charge in [0.25, 0.3) is 5.91 Å². The second-order valence-electron chi connectivity index (χ2n) is 7.78. The molecular formula is C27H21N5O2. The average Bonchev–Trinajstić information content (AvgIpc) is 2.87. The van der Waals surface area contributed by atoms with Gasteiger partial charge in [-0.3, -0.25) is 9.78 Å². The lowest BCUT2D eigenvalue weighted by Crippen LogP contribution is -2.25. The summed E-state index contributed by atoms with van der Waals surface area (Å²) in [5, 5.41) is 13.4. The summed E-state index contributed by atoms with van der Waals surface area (Å²) in [7, 11) is 0. The van der Waals surface area contributed by atoms with Gasteiger partial charge in [-0.05, 0) is 35.9 Å². The van der Waals surface area contributed by atoms with Crippen molar-refractivity contribution >= 4 is 22.6 Å². The zero-order chi connectivity index (χ0) is 23.5. The van der Waals surface area contributed by atoms with E-state index in [0.717, 1.165) is 27.6 Å². The molecule has 1 amide bonds. The fourth-order valence-corrected chi connectivity index (χ4v) is 3.77. The zero-order valence-corrected chi connectivity index (χ0v) is 18.1. The van der Waals surface area contributed by atoms with Crippen molar-refractivity contribution in [2.45, 2.75) is 6.54 Å². The van der Waals surface area contributed by atoms with Gasteiger partial charge < -0.3 is 16.2 Å². The number of nitrogen functional groups attached to an aromatic ring is 1. The van der Waals surface area contributed by atoms with Crippen molar-refractivity contribution in [2.24, 2.45) is 0 Å². The molecule has 0 saturated carbocycles. The maximum absolute atomic E-state index is 13.0. The largest absolute Gasteiger partial charge is 0.508 e. The van der Waals surface area contributed by atoms with Crippen molar-refractivity contribution in [3.63, 3.8) is 0 Å². The third-order valence-electron chi connectivity index (χ3n) is 5.43. The van der Waals surface area contributed by atoms with Crippen molar-refractivity contribution in [3.05, 3.63) is 102 Å². The number of benzene rings is 3. The summed E-state index contributed by atoms with van der Waals surface area (Å²) in [6.45, 7) is 0.214. The highest BCUT2D eigenvalue weighted by Crippen LogP contribution is 2.32. The van der Waals surface area contributed by atoms with Crippen LogP contribution in [0.4, 0.5) is 5.82 Å². The number of amides is 1. The van der Waals surface area contributed by atoms with Gasteiger partial charge >= 0.3 is 0 Å². The standard InChI is InChI=1S/C27H21N5O2/c28-26-25(27(34)30-16-17-6-4-10-21(33)14-17)31-24(23(32-26)18-7-2-1-3-8-18)20-11-12-22-19(15-20)9-5-13-29-22/h1-15,33H,16H2,(H2,28,32)(H,30,34). The van der Waals surface area contributed by atoms with Crippen molar-refractivity contribution in [1.29, 1.82) is 0 Å². The normalized spacial score (nSPS) is 10.8. The van der Waals surface area contributed by atoms with Crippen LogP contribution < -0.4 is 11.1 Å². The van der Waals surface area contributed by atoms with Gasteiger partial charge in [0.15, 0.2) is 11.5 Å². The molecule has 34 heavy (non-hydrogen) atoms. The van der Waals surface area contributed by atoms with E-state index in [4.69, 9.17) is 5.73 Å². The summed E-state index contributed by atoms with van der Waals surface area (Å²) in [6, 6.07) is 25.9. The topological polar surface area (TPSA) is 114 Å². The molecule has 4 N–H and O–H groups in total. The van der Waals surface area contributed by atoms with E-state index >= 15 is 0 Å². The van der Waals surface area contributed by atoms with E-state index in [1.807, 2.05) is 66.7 Å². The molecule has 0 unspecified atom stereocenters. The first-order chi connectivity index (χ1) is 16.6. The molecule has 7 nitrogen and oxygen atoms in total. The number of phenols is 1. The maximum Gasteiger partial charge on any atom is 0.274 e. The molecular weight excluding hydrogens is 426 g/mol. The van der Waals surface area contributed by atoms with Gasteiger partial charge in [-0.15, -0.1) is 0 Å². The van der Waals surface area contributed by atoms with E-state index in [1.165, 1.54) is 0 Å². The van der Waals surface area contributed by atoms with Crippen LogP contribution >= 0.6 is 0 Å². The molecule has 2 heterocycles. The molecule has 0 fully saturated rings. The molecule has 0 aliphatic rings. The van der Waals surface area contributed by atoms with Crippen LogP contribution in [0.25, 0.3) is 33.4 Å². The number of pyridine rings is 1. The van der Waals surface area contributed by atoms with Crippen LogP contribution in [0, 0.1) is 0 Å². The first-order valence-corrected chi connectivity index (χ1v) is 10.7. The van der Waals surface area contributed by atoms with Crippen LogP contribution in [-0.4, -0.2) is 26.0 Å². The van der Waals surface area contributed by atoms with E-state index in [9.17, 15) is 9.90 Å². The van der Waals surface area contributed by atoms with Crippen LogP contribution in [0.3, 0.4) is 0 Å². The quantitative estimate of drug-likeness (QED) is 0.363. The van der Waals surface area contributed by atoms with Crippen LogP contribution in [0.15, 0.2) is 91.1 Å². The van der Waals surface area contributed by atoms with Gasteiger partial charge in [-0.25, -0.2) is 9.97 Å². The lowest BCUT2D eigenvalue weighted by Gasteiger charge is -2.14. The third-order valence-corrected chi connectivity index (χ3v) is 5.43. The summed E-state index contributed by atoms with van der Waals surface area (Å²) in [6.07, 6.45) is 1.75. The first-order valence-electron chi connectivity index (χ1n) is 10.7. The number of fused-ring (bicyclic) bond motifs is 1. The van der Waals surface area contributed by atoms with E-state index in [1.54, 1.807) is 24.4 Å². The lowest BCUT2D eigenvalue weighted by molar-refractivity contribution is 0.0946. The number of nitrogens with zero attached hydrogens (tertiary/aromatic N) is 3. The predicted molar refractivity (Wildman–Crippen MR) is 132 cm³/mol. The first kappa shape index (κ1) is 21.1. The van der Waals surface area contributed by atoms with Gasteiger partial charge in [-0.2, -0.15) is 0 Å². The fourth-order valence-electron chi connectivity index (χ4n) is 3.77. The Bertz CT molecular complexity index is 1500. The molecule has 0 saturated heterocycles. The predicted octanol–water partition coefficient (Wildman–Crippen LogP) is 4.58. The Balaban J connectivity index is 1.57. The molecule has 2 aromatic heterocycles. The second kappa shape index (κ2) is 8.99. The molecule has 5 rings (SSSR count). The molecule has 166 valence electrons. The van der Waals surface area contributed by atoms with Crippen molar-refractivity contribution < 1.29 is 9.90 Å². The van der Waals surface area contributed by atoms with Crippen molar-refractivity contribution in [3.8, 4) is 28.3 Å². The summed E-state index contributed by atoms with van der Waals surface area (Å²) in [5.41, 5.74) is 10.6. The molecule has 0 aliphatic carbocycles. The highest BCUT2D eigenvalue weighted by Gasteiger charge is 2.20. The zero-order valence-electron chi connectivity index (χ0n) is 18.1. The Morgan fingerprint density at radius 2 is 1.68 bits per heavy atom. The fraction of sp³-hybridized carbons (Fsp3) is 0.0370. The van der Waals surface area contributed by atoms with Crippen LogP contribution in [0.1, 0.15) is 16.1 Å². The van der Waals surface area contributed by atoms with Crippen LogP contribution in [0.5, 0.6) is 5.75 Å². The molecule has 0 bridgehead atoms. The molecule has 0 atom stereocenters. The Kier molecular flexibility index (Phi) is 5.58. The van der Waals surface area contributed by atoms with Gasteiger partial charge in [-0.1, -0.05) is 54.6 Å². The van der Waals surface area contributed by atoms with Gasteiger partial charge in [0, 0.05) is 29.3 Å². The van der Waals surface area contributed by atoms with Gasteiger partial charge in [0.1, 0.15) is 5.75 Å². The Morgan fingerprint density at radius 1 is 0.853 bits per heavy atom. The number of rotatable bonds is 5. The van der Waals surface area contributed by atoms with E-state index < -0.39 is 5.91 Å². The number of aromatic nitrogens is 3. The van der Waals surface area contributed by atoms with E-state index in [2.05, 4.69) is 20.3 Å². The van der Waals surface area contributed by atoms with Crippen molar-refractivity contribution in [1.82, 2.24) is 20.3 Å². The number of hydrogen-bond donors (Lipinski definition) is 3. The smallest absolute Gasteiger partial charge is 0.274 e. The molecule has 7 heteroatoms. The van der Waals surface area contributed by atoms with Gasteiger partial charge in [0.2, 0.25) is 0 Å². The number of carbonyl (C=O) groups excluding carboxylic acids is 1. The lowest BCUT2D eigenvalue weighted by atomic mass is 10.0. The minimum Gasteiger partial charge on any atom is -0.508 e. The highest BCUT2D eigenvalue weighted by molar-refractivity contribution is 5.98. The minimum absolute atomic E-state index is 0.0402. The summed E-state index contributed by atoms with van der Waals surface area (Å²) < 4.78 is 0. The molecule has 3 aromatic carbocycles. The minimum atomic E-state index is -0.448. The number of anilines is 1. The van der Waals surface area contributed by atoms with E-state index in [-0.39, 0.29) is 23.8 Å².